The summed E-state index contributed by atoms with van der Waals surface area (Å²) in [6, 6.07) is 2.46. The number of nitrogens with one attached hydrogen (secondary N) is 1. The van der Waals surface area contributed by atoms with Gasteiger partial charge in [-0.1, -0.05) is 0 Å². The molecule has 20 heavy (non-hydrogen) atoms. The molecule has 1 N–H and O–H groups in total. The van der Waals surface area contributed by atoms with Crippen LogP contribution < -0.4 is 10.2 Å². The van der Waals surface area contributed by atoms with Crippen molar-refractivity contribution < 1.29 is 17.6 Å². The molecule has 112 valence electrons. The van der Waals surface area contributed by atoms with Crippen molar-refractivity contribution >= 4 is 5.69 Å². The van der Waals surface area contributed by atoms with Crippen molar-refractivity contribution in [2.75, 3.05) is 25.0 Å². The summed E-state index contributed by atoms with van der Waals surface area (Å²) in [4.78, 5) is 1.51. The maximum Gasteiger partial charge on any atom is 0.418 e. The number of hydrogen-bond donors (Lipinski definition) is 1. The highest BCUT2D eigenvalue weighted by molar-refractivity contribution is 5.58. The second-order valence-electron chi connectivity index (χ2n) is 5.19. The van der Waals surface area contributed by atoms with Gasteiger partial charge in [-0.2, -0.15) is 13.2 Å². The Balaban J connectivity index is 2.36. The van der Waals surface area contributed by atoms with Crippen LogP contribution in [-0.4, -0.2) is 26.2 Å². The van der Waals surface area contributed by atoms with E-state index < -0.39 is 17.6 Å². The van der Waals surface area contributed by atoms with Gasteiger partial charge in [0.25, 0.3) is 0 Å². The van der Waals surface area contributed by atoms with E-state index in [-0.39, 0.29) is 17.3 Å². The van der Waals surface area contributed by atoms with Gasteiger partial charge in [-0.25, -0.2) is 4.39 Å². The largest absolute Gasteiger partial charge is 0.418 e. The smallest absolute Gasteiger partial charge is 0.369 e. The van der Waals surface area contributed by atoms with E-state index in [9.17, 15) is 17.6 Å². The van der Waals surface area contributed by atoms with E-state index in [1.165, 1.54) is 11.8 Å². The van der Waals surface area contributed by atoms with Gasteiger partial charge in [-0.15, -0.1) is 0 Å². The molecule has 0 aliphatic carbocycles. The van der Waals surface area contributed by atoms with E-state index in [4.69, 9.17) is 0 Å². The van der Waals surface area contributed by atoms with Crippen molar-refractivity contribution in [3.8, 4) is 0 Å². The number of alkyl halides is 3. The van der Waals surface area contributed by atoms with Crippen LogP contribution in [0.5, 0.6) is 0 Å². The second-order valence-corrected chi connectivity index (χ2v) is 5.19. The molecule has 1 aromatic carbocycles. The topological polar surface area (TPSA) is 15.3 Å². The van der Waals surface area contributed by atoms with E-state index in [1.54, 1.807) is 0 Å². The lowest BCUT2D eigenvalue weighted by atomic mass is 10.0. The van der Waals surface area contributed by atoms with Crippen molar-refractivity contribution in [3.05, 3.63) is 29.1 Å². The first kappa shape index (κ1) is 15.1. The Hall–Kier alpha value is -1.30. The Labute approximate surface area is 115 Å². The summed E-state index contributed by atoms with van der Waals surface area (Å²) in [5.41, 5.74) is -0.903. The van der Waals surface area contributed by atoms with Gasteiger partial charge >= 0.3 is 6.18 Å². The maximum absolute atomic E-state index is 14.0. The molecule has 0 amide bonds. The Kier molecular flexibility index (Phi) is 4.22. The van der Waals surface area contributed by atoms with E-state index in [2.05, 4.69) is 5.32 Å². The molecule has 1 heterocycles. The van der Waals surface area contributed by atoms with Crippen LogP contribution in [0.25, 0.3) is 0 Å². The lowest BCUT2D eigenvalue weighted by Crippen LogP contribution is -2.42. The minimum absolute atomic E-state index is 0.281. The normalized spacial score (nSPS) is 17.6. The van der Waals surface area contributed by atoms with Crippen LogP contribution in [0.2, 0.25) is 0 Å². The van der Waals surface area contributed by atoms with E-state index in [0.29, 0.717) is 25.9 Å². The van der Waals surface area contributed by atoms with Crippen molar-refractivity contribution in [2.45, 2.75) is 32.0 Å². The Morgan fingerprint density at radius 2 is 1.80 bits per heavy atom. The molecular weight excluding hydrogens is 272 g/mol. The number of anilines is 1. The first-order valence-electron chi connectivity index (χ1n) is 6.62. The zero-order valence-electron chi connectivity index (χ0n) is 11.5. The summed E-state index contributed by atoms with van der Waals surface area (Å²) < 4.78 is 53.3. The van der Waals surface area contributed by atoms with Crippen LogP contribution in [0, 0.1) is 12.7 Å². The Morgan fingerprint density at radius 1 is 1.20 bits per heavy atom. The molecule has 1 aromatic rings. The highest BCUT2D eigenvalue weighted by Crippen LogP contribution is 2.39. The summed E-state index contributed by atoms with van der Waals surface area (Å²) >= 11 is 0. The van der Waals surface area contributed by atoms with Gasteiger partial charge in [0, 0.05) is 19.1 Å². The number of aryl methyl sites for hydroxylation is 1. The van der Waals surface area contributed by atoms with Gasteiger partial charge in [0.1, 0.15) is 5.82 Å². The van der Waals surface area contributed by atoms with Crippen LogP contribution >= 0.6 is 0 Å². The third-order valence-electron chi connectivity index (χ3n) is 3.73. The lowest BCUT2D eigenvalue weighted by molar-refractivity contribution is -0.137. The minimum Gasteiger partial charge on any atom is -0.369 e. The minimum atomic E-state index is -4.54. The monoisotopic (exact) mass is 290 g/mol. The number of piperidine rings is 1. The fraction of sp³-hybridized carbons (Fsp3) is 0.571. The predicted octanol–water partition coefficient (Wildman–Crippen LogP) is 3.34. The van der Waals surface area contributed by atoms with Gasteiger partial charge in [0.15, 0.2) is 0 Å². The molecule has 2 rings (SSSR count). The first-order valence-corrected chi connectivity index (χ1v) is 6.62. The summed E-state index contributed by atoms with van der Waals surface area (Å²) in [6.07, 6.45) is -3.12. The van der Waals surface area contributed by atoms with Crippen molar-refractivity contribution in [1.82, 2.24) is 5.32 Å². The molecule has 0 aromatic heterocycles. The van der Waals surface area contributed by atoms with Gasteiger partial charge in [-0.3, -0.25) is 0 Å². The van der Waals surface area contributed by atoms with Gasteiger partial charge in [0.2, 0.25) is 0 Å². The highest BCUT2D eigenvalue weighted by atomic mass is 19.4. The molecular formula is C14H18F4N2. The number of nitrogens with zero attached hydrogens (tertiary/aromatic N) is 1. The van der Waals surface area contributed by atoms with E-state index >= 15 is 0 Å². The first-order chi connectivity index (χ1) is 9.32. The van der Waals surface area contributed by atoms with E-state index in [0.717, 1.165) is 12.1 Å². The fourth-order valence-corrected chi connectivity index (χ4v) is 2.66. The zero-order chi connectivity index (χ0) is 14.9. The van der Waals surface area contributed by atoms with Crippen molar-refractivity contribution in [1.29, 1.82) is 0 Å². The average molecular weight is 290 g/mol. The number of rotatable bonds is 2. The zero-order valence-corrected chi connectivity index (χ0v) is 11.5. The SMILES string of the molecule is CNC1CCN(c2c(F)cc(C)cc2C(F)(F)F)CC1. The van der Waals surface area contributed by atoms with Crippen molar-refractivity contribution in [3.63, 3.8) is 0 Å². The third-order valence-corrected chi connectivity index (χ3v) is 3.73. The molecule has 0 spiro atoms. The van der Waals surface area contributed by atoms with Gasteiger partial charge < -0.3 is 10.2 Å². The molecule has 0 atom stereocenters. The predicted molar refractivity (Wildman–Crippen MR) is 70.4 cm³/mol. The fourth-order valence-electron chi connectivity index (χ4n) is 2.66. The molecule has 1 aliphatic rings. The lowest BCUT2D eigenvalue weighted by Gasteiger charge is -2.35. The maximum atomic E-state index is 14.0. The molecule has 0 radical (unpaired) electrons. The Bertz CT molecular complexity index is 477. The standard InChI is InChI=1S/C14H18F4N2/c1-9-7-11(14(16,17)18)13(12(15)8-9)20-5-3-10(19-2)4-6-20/h7-8,10,19H,3-6H2,1-2H3. The van der Waals surface area contributed by atoms with Crippen LogP contribution in [-0.2, 0) is 6.18 Å². The van der Waals surface area contributed by atoms with Gasteiger partial charge in [0.05, 0.1) is 11.3 Å². The number of halogens is 4. The Morgan fingerprint density at radius 3 is 2.30 bits per heavy atom. The van der Waals surface area contributed by atoms with Crippen LogP contribution in [0.3, 0.4) is 0 Å². The number of hydrogen-bond acceptors (Lipinski definition) is 2. The summed E-state index contributed by atoms with van der Waals surface area (Å²) in [6.45, 7) is 2.32. The highest BCUT2D eigenvalue weighted by Gasteiger charge is 2.37. The van der Waals surface area contributed by atoms with Crippen LogP contribution in [0.1, 0.15) is 24.0 Å². The second kappa shape index (κ2) is 5.60. The molecule has 0 saturated carbocycles. The third kappa shape index (κ3) is 3.06. The van der Waals surface area contributed by atoms with Gasteiger partial charge in [-0.05, 0) is 44.5 Å². The summed E-state index contributed by atoms with van der Waals surface area (Å²) in [7, 11) is 1.83. The molecule has 6 heteroatoms. The molecule has 1 saturated heterocycles. The average Bonchev–Trinajstić information content (AvgIpc) is 2.37. The molecule has 2 nitrogen and oxygen atoms in total. The van der Waals surface area contributed by atoms with Crippen LogP contribution in [0.15, 0.2) is 12.1 Å². The molecule has 0 unspecified atom stereocenters. The molecule has 1 aliphatic heterocycles. The van der Waals surface area contributed by atoms with Crippen molar-refractivity contribution in [2.24, 2.45) is 0 Å². The van der Waals surface area contributed by atoms with E-state index in [1.807, 2.05) is 7.05 Å². The molecule has 1 fully saturated rings. The summed E-state index contributed by atoms with van der Waals surface area (Å²) in [5.74, 6) is -0.791. The molecule has 0 bridgehead atoms. The quantitative estimate of drug-likeness (QED) is 0.840. The number of benzene rings is 1. The summed E-state index contributed by atoms with van der Waals surface area (Å²) in [5, 5.41) is 3.10. The van der Waals surface area contributed by atoms with Crippen LogP contribution in [0.4, 0.5) is 23.2 Å².